The van der Waals surface area contributed by atoms with Crippen LogP contribution in [0.1, 0.15) is 52.7 Å². The van der Waals surface area contributed by atoms with Crippen LogP contribution in [0.2, 0.25) is 0 Å². The number of pyridine rings is 2. The summed E-state index contributed by atoms with van der Waals surface area (Å²) in [6.45, 7) is 13.4. The summed E-state index contributed by atoms with van der Waals surface area (Å²) < 4.78 is 12.9. The number of aromatic nitrogens is 2. The van der Waals surface area contributed by atoms with Gasteiger partial charge < -0.3 is 9.47 Å². The van der Waals surface area contributed by atoms with Crippen molar-refractivity contribution in [3.05, 3.63) is 121 Å². The van der Waals surface area contributed by atoms with Crippen molar-refractivity contribution in [2.45, 2.75) is 52.4 Å². The molecule has 0 amide bonds. The molecule has 0 N–H and O–H groups in total. The molecule has 6 aromatic rings. The summed E-state index contributed by atoms with van der Waals surface area (Å²) in [5.41, 5.74) is 4.59. The normalized spacial score (nSPS) is 12.0. The molecule has 0 bridgehead atoms. The maximum atomic E-state index is 6.44. The van der Waals surface area contributed by atoms with Gasteiger partial charge in [-0.3, -0.25) is 0 Å². The summed E-state index contributed by atoms with van der Waals surface area (Å²) in [6.07, 6.45) is 3.50. The van der Waals surface area contributed by atoms with E-state index in [0.29, 0.717) is 11.8 Å². The van der Waals surface area contributed by atoms with E-state index in [-0.39, 0.29) is 10.8 Å². The molecule has 6 rings (SSSR count). The van der Waals surface area contributed by atoms with Crippen LogP contribution in [0.25, 0.3) is 32.7 Å². The third-order valence-corrected chi connectivity index (χ3v) is 7.60. The van der Waals surface area contributed by atoms with Gasteiger partial charge in [0.2, 0.25) is 11.8 Å². The third kappa shape index (κ3) is 5.71. The lowest BCUT2D eigenvalue weighted by Crippen LogP contribution is -2.10. The Balaban J connectivity index is 1.55. The molecule has 0 aliphatic heterocycles. The van der Waals surface area contributed by atoms with Gasteiger partial charge in [0.15, 0.2) is 0 Å². The van der Waals surface area contributed by atoms with Gasteiger partial charge in [-0.15, -0.1) is 0 Å². The minimum Gasteiger partial charge on any atom is -0.438 e. The monoisotopic (exact) mass is 552 g/mol. The number of nitrogens with zero attached hydrogens (tertiary/aromatic N) is 2. The summed E-state index contributed by atoms with van der Waals surface area (Å²) in [5.74, 6) is 2.65. The van der Waals surface area contributed by atoms with Gasteiger partial charge in [-0.1, -0.05) is 77.9 Å². The van der Waals surface area contributed by atoms with Gasteiger partial charge >= 0.3 is 0 Å². The Morgan fingerprint density at radius 3 is 1.26 bits per heavy atom. The van der Waals surface area contributed by atoms with Crippen molar-refractivity contribution in [1.82, 2.24) is 9.97 Å². The fraction of sp³-hybridized carbons (Fsp3) is 0.211. The van der Waals surface area contributed by atoms with Crippen molar-refractivity contribution in [3.8, 4) is 34.4 Å². The number of hydrogen-bond donors (Lipinski definition) is 0. The van der Waals surface area contributed by atoms with Crippen molar-refractivity contribution >= 4 is 21.5 Å². The zero-order valence-electron chi connectivity index (χ0n) is 25.1. The average Bonchev–Trinajstić information content (AvgIpc) is 2.96. The second kappa shape index (κ2) is 10.6. The lowest BCUT2D eigenvalue weighted by molar-refractivity contribution is 0.467. The second-order valence-corrected chi connectivity index (χ2v) is 12.9. The molecular formula is C38H36N2O2. The Hall–Kier alpha value is -4.70. The molecule has 0 unspecified atom stereocenters. The number of benzene rings is 4. The van der Waals surface area contributed by atoms with Crippen molar-refractivity contribution in [2.75, 3.05) is 0 Å². The van der Waals surface area contributed by atoms with Gasteiger partial charge in [-0.2, -0.15) is 0 Å². The lowest BCUT2D eigenvalue weighted by Gasteiger charge is -2.21. The smallest absolute Gasteiger partial charge is 0.219 e. The Morgan fingerprint density at radius 2 is 0.905 bits per heavy atom. The van der Waals surface area contributed by atoms with Gasteiger partial charge in [0.25, 0.3) is 0 Å². The number of hydrogen-bond acceptors (Lipinski definition) is 4. The molecule has 4 aromatic carbocycles. The molecule has 0 saturated carbocycles. The van der Waals surface area contributed by atoms with Crippen molar-refractivity contribution in [1.29, 1.82) is 0 Å². The Labute approximate surface area is 248 Å². The van der Waals surface area contributed by atoms with Gasteiger partial charge in [-0.25, -0.2) is 9.97 Å². The first-order chi connectivity index (χ1) is 20.0. The predicted octanol–water partition coefficient (Wildman–Crippen LogP) is 10.6. The van der Waals surface area contributed by atoms with Gasteiger partial charge in [0.1, 0.15) is 11.5 Å². The quantitative estimate of drug-likeness (QED) is 0.213. The van der Waals surface area contributed by atoms with Gasteiger partial charge in [0, 0.05) is 35.3 Å². The van der Waals surface area contributed by atoms with Gasteiger partial charge in [0.05, 0.1) is 0 Å². The molecule has 210 valence electrons. The molecule has 0 radical (unpaired) electrons. The van der Waals surface area contributed by atoms with Crippen LogP contribution in [0, 0.1) is 0 Å². The largest absolute Gasteiger partial charge is 0.438 e. The molecule has 2 heterocycles. The molecule has 0 saturated heterocycles. The lowest BCUT2D eigenvalue weighted by atomic mass is 9.85. The van der Waals surface area contributed by atoms with Crippen LogP contribution >= 0.6 is 0 Å². The molecule has 2 aromatic heterocycles. The Morgan fingerprint density at radius 1 is 0.476 bits per heavy atom. The maximum Gasteiger partial charge on any atom is 0.219 e. The summed E-state index contributed by atoms with van der Waals surface area (Å²) in [6, 6.07) is 33.4. The Bertz CT molecular complexity index is 1740. The SMILES string of the molecule is CC(C)(C)c1ccc2cc(-c3cc(Oc4ccccn4)c4cc(C(C)(C)C)ccc4c3)cc(Oc3ccccn3)c2c1. The molecular weight excluding hydrogens is 516 g/mol. The minimum absolute atomic E-state index is 0.0110. The number of fused-ring (bicyclic) bond motifs is 2. The van der Waals surface area contributed by atoms with Crippen LogP contribution in [0.5, 0.6) is 23.3 Å². The highest BCUT2D eigenvalue weighted by Crippen LogP contribution is 2.41. The molecule has 4 nitrogen and oxygen atoms in total. The van der Waals surface area contributed by atoms with Gasteiger partial charge in [-0.05, 0) is 92.4 Å². The summed E-state index contributed by atoms with van der Waals surface area (Å²) in [7, 11) is 0. The van der Waals surface area contributed by atoms with E-state index in [2.05, 4.69) is 112 Å². The van der Waals surface area contributed by atoms with Crippen LogP contribution in [-0.2, 0) is 10.8 Å². The first kappa shape index (κ1) is 27.5. The second-order valence-electron chi connectivity index (χ2n) is 12.9. The third-order valence-electron chi connectivity index (χ3n) is 7.60. The molecule has 0 aliphatic carbocycles. The van der Waals surface area contributed by atoms with E-state index in [1.54, 1.807) is 12.4 Å². The summed E-state index contributed by atoms with van der Waals surface area (Å²) in [5, 5.41) is 4.30. The topological polar surface area (TPSA) is 44.2 Å². The van der Waals surface area contributed by atoms with E-state index in [1.165, 1.54) is 11.1 Å². The molecule has 42 heavy (non-hydrogen) atoms. The standard InChI is InChI=1S/C38H36N2O2/c1-37(2,3)29-15-13-25-19-27(21-33(31(25)23-29)41-35-11-7-9-17-39-35)28-20-26-14-16-30(38(4,5)6)24-32(26)34(22-28)42-36-12-8-10-18-40-36/h7-24H,1-6H3. The fourth-order valence-corrected chi connectivity index (χ4v) is 5.12. The number of ether oxygens (including phenoxy) is 2. The van der Waals surface area contributed by atoms with Crippen molar-refractivity contribution in [2.24, 2.45) is 0 Å². The Kier molecular flexibility index (Phi) is 6.94. The van der Waals surface area contributed by atoms with Crippen LogP contribution in [0.4, 0.5) is 0 Å². The summed E-state index contributed by atoms with van der Waals surface area (Å²) in [4.78, 5) is 8.87. The average molecular weight is 553 g/mol. The maximum absolute atomic E-state index is 6.44. The zero-order chi connectivity index (χ0) is 29.5. The van der Waals surface area contributed by atoms with Crippen LogP contribution < -0.4 is 9.47 Å². The first-order valence-electron chi connectivity index (χ1n) is 14.4. The molecule has 4 heteroatoms. The highest BCUT2D eigenvalue weighted by Gasteiger charge is 2.19. The van der Waals surface area contributed by atoms with Crippen molar-refractivity contribution < 1.29 is 9.47 Å². The summed E-state index contributed by atoms with van der Waals surface area (Å²) >= 11 is 0. The van der Waals surface area contributed by atoms with E-state index >= 15 is 0 Å². The molecule has 0 spiro atoms. The molecule has 0 atom stereocenters. The highest BCUT2D eigenvalue weighted by molar-refractivity contribution is 5.97. The fourth-order valence-electron chi connectivity index (χ4n) is 5.12. The van der Waals surface area contributed by atoms with Crippen molar-refractivity contribution in [3.63, 3.8) is 0 Å². The zero-order valence-corrected chi connectivity index (χ0v) is 25.1. The van der Waals surface area contributed by atoms with E-state index in [0.717, 1.165) is 44.2 Å². The van der Waals surface area contributed by atoms with E-state index in [9.17, 15) is 0 Å². The van der Waals surface area contributed by atoms with Crippen LogP contribution in [0.15, 0.2) is 109 Å². The molecule has 0 aliphatic rings. The first-order valence-corrected chi connectivity index (χ1v) is 14.4. The van der Waals surface area contributed by atoms with Crippen LogP contribution in [0.3, 0.4) is 0 Å². The van der Waals surface area contributed by atoms with Crippen LogP contribution in [-0.4, -0.2) is 9.97 Å². The van der Waals surface area contributed by atoms with E-state index in [1.807, 2.05) is 36.4 Å². The number of rotatable bonds is 5. The van der Waals surface area contributed by atoms with E-state index in [4.69, 9.17) is 9.47 Å². The minimum atomic E-state index is 0.0110. The molecule has 0 fully saturated rings. The van der Waals surface area contributed by atoms with E-state index < -0.39 is 0 Å². The predicted molar refractivity (Wildman–Crippen MR) is 173 cm³/mol. The highest BCUT2D eigenvalue weighted by atomic mass is 16.5.